The molecule has 1 atom stereocenters. The molecule has 1 amide bonds. The van der Waals surface area contributed by atoms with E-state index in [1.54, 1.807) is 0 Å². The summed E-state index contributed by atoms with van der Waals surface area (Å²) in [6, 6.07) is 10.9. The molecule has 0 aromatic heterocycles. The molecule has 1 aromatic carbocycles. The third-order valence-electron chi connectivity index (χ3n) is 5.32. The van der Waals surface area contributed by atoms with E-state index in [0.717, 1.165) is 6.54 Å². The monoisotopic (exact) mass is 287 g/mol. The molecule has 0 saturated carbocycles. The Labute approximate surface area is 129 Å². The van der Waals surface area contributed by atoms with Crippen LogP contribution in [0.15, 0.2) is 30.3 Å². The van der Waals surface area contributed by atoms with Crippen molar-refractivity contribution in [1.29, 1.82) is 0 Å². The number of nitrogens with zero attached hydrogens (tertiary/aromatic N) is 1. The molecule has 116 valence electrons. The highest BCUT2D eigenvalue weighted by molar-refractivity contribution is 5.87. The van der Waals surface area contributed by atoms with Gasteiger partial charge in [0.05, 0.1) is 5.41 Å². The van der Waals surface area contributed by atoms with Crippen molar-refractivity contribution in [3.8, 4) is 0 Å². The quantitative estimate of drug-likeness (QED) is 0.807. The van der Waals surface area contributed by atoms with Crippen LogP contribution in [0.4, 0.5) is 0 Å². The van der Waals surface area contributed by atoms with Crippen molar-refractivity contribution in [2.45, 2.75) is 53.5 Å². The molecule has 1 heterocycles. The van der Waals surface area contributed by atoms with Crippen LogP contribution in [0, 0.1) is 17.3 Å². The van der Waals surface area contributed by atoms with Gasteiger partial charge >= 0.3 is 0 Å². The maximum atomic E-state index is 13.3. The van der Waals surface area contributed by atoms with Crippen LogP contribution in [-0.4, -0.2) is 23.4 Å². The Hall–Kier alpha value is -1.31. The van der Waals surface area contributed by atoms with E-state index in [4.69, 9.17) is 0 Å². The van der Waals surface area contributed by atoms with Crippen LogP contribution in [0.5, 0.6) is 0 Å². The molecule has 2 nitrogen and oxygen atoms in total. The summed E-state index contributed by atoms with van der Waals surface area (Å²) >= 11 is 0. The molecule has 1 saturated heterocycles. The average Bonchev–Trinajstić information content (AvgIpc) is 2.74. The summed E-state index contributed by atoms with van der Waals surface area (Å²) in [6.45, 7) is 13.9. The van der Waals surface area contributed by atoms with Gasteiger partial charge in [0.2, 0.25) is 5.91 Å². The predicted molar refractivity (Wildman–Crippen MR) is 88.1 cm³/mol. The van der Waals surface area contributed by atoms with Gasteiger partial charge in [0, 0.05) is 18.5 Å². The maximum Gasteiger partial charge on any atom is 0.230 e. The summed E-state index contributed by atoms with van der Waals surface area (Å²) in [7, 11) is 0. The molecule has 1 unspecified atom stereocenters. The molecule has 1 fully saturated rings. The lowest BCUT2D eigenvalue weighted by atomic mass is 9.61. The molecule has 0 spiro atoms. The smallest absolute Gasteiger partial charge is 0.230 e. The van der Waals surface area contributed by atoms with Gasteiger partial charge in [-0.15, -0.1) is 0 Å². The van der Waals surface area contributed by atoms with Gasteiger partial charge in [-0.3, -0.25) is 4.79 Å². The number of likely N-dealkylation sites (tertiary alicyclic amines) is 1. The maximum absolute atomic E-state index is 13.3. The Morgan fingerprint density at radius 3 is 1.95 bits per heavy atom. The van der Waals surface area contributed by atoms with E-state index in [0.29, 0.717) is 17.7 Å². The standard InChI is InChI=1S/C19H29NO/c1-13(2)19(14(3)4)17(16-10-8-7-9-11-16)12-20(15(5)6)18(19)21/h7-11,13-15,17H,12H2,1-6H3. The van der Waals surface area contributed by atoms with Crippen molar-refractivity contribution < 1.29 is 4.79 Å². The zero-order valence-corrected chi connectivity index (χ0v) is 14.3. The van der Waals surface area contributed by atoms with Crippen LogP contribution < -0.4 is 0 Å². The molecule has 0 N–H and O–H groups in total. The molecule has 21 heavy (non-hydrogen) atoms. The van der Waals surface area contributed by atoms with Gasteiger partial charge in [-0.1, -0.05) is 58.0 Å². The summed E-state index contributed by atoms with van der Waals surface area (Å²) < 4.78 is 0. The Morgan fingerprint density at radius 2 is 1.52 bits per heavy atom. The largest absolute Gasteiger partial charge is 0.339 e. The van der Waals surface area contributed by atoms with Crippen molar-refractivity contribution in [2.24, 2.45) is 17.3 Å². The molecule has 1 aliphatic rings. The van der Waals surface area contributed by atoms with E-state index in [9.17, 15) is 4.79 Å². The minimum Gasteiger partial charge on any atom is -0.339 e. The minimum atomic E-state index is -0.286. The van der Waals surface area contributed by atoms with Gasteiger partial charge in [0.25, 0.3) is 0 Å². The Morgan fingerprint density at radius 1 is 1.00 bits per heavy atom. The van der Waals surface area contributed by atoms with E-state index < -0.39 is 0 Å². The first-order valence-electron chi connectivity index (χ1n) is 8.19. The van der Waals surface area contributed by atoms with Crippen LogP contribution >= 0.6 is 0 Å². The summed E-state index contributed by atoms with van der Waals surface area (Å²) in [5.41, 5.74) is 1.02. The second kappa shape index (κ2) is 5.82. The van der Waals surface area contributed by atoms with E-state index in [2.05, 4.69) is 70.7 Å². The van der Waals surface area contributed by atoms with Gasteiger partial charge in [-0.25, -0.2) is 0 Å². The fourth-order valence-electron chi connectivity index (χ4n) is 4.31. The summed E-state index contributed by atoms with van der Waals surface area (Å²) in [5.74, 6) is 1.29. The second-order valence-corrected chi connectivity index (χ2v) is 7.26. The zero-order valence-electron chi connectivity index (χ0n) is 14.3. The number of benzene rings is 1. The number of rotatable bonds is 4. The van der Waals surface area contributed by atoms with Gasteiger partial charge in [0.1, 0.15) is 0 Å². The number of hydrogen-bond acceptors (Lipinski definition) is 1. The van der Waals surface area contributed by atoms with Gasteiger partial charge in [-0.2, -0.15) is 0 Å². The van der Waals surface area contributed by atoms with E-state index in [1.165, 1.54) is 5.56 Å². The topological polar surface area (TPSA) is 20.3 Å². The number of carbonyl (C=O) groups excluding carboxylic acids is 1. The highest BCUT2D eigenvalue weighted by Gasteiger charge is 2.58. The van der Waals surface area contributed by atoms with Crippen molar-refractivity contribution >= 4 is 5.91 Å². The number of hydrogen-bond donors (Lipinski definition) is 0. The molecule has 2 rings (SSSR count). The molecule has 0 radical (unpaired) electrons. The predicted octanol–water partition coefficient (Wildman–Crippen LogP) is 4.32. The van der Waals surface area contributed by atoms with E-state index in [-0.39, 0.29) is 17.4 Å². The first-order valence-corrected chi connectivity index (χ1v) is 8.19. The van der Waals surface area contributed by atoms with Gasteiger partial charge < -0.3 is 4.90 Å². The van der Waals surface area contributed by atoms with E-state index >= 15 is 0 Å². The van der Waals surface area contributed by atoms with Crippen LogP contribution in [0.2, 0.25) is 0 Å². The summed E-state index contributed by atoms with van der Waals surface area (Å²) in [5, 5.41) is 0. The van der Waals surface area contributed by atoms with Crippen LogP contribution in [0.25, 0.3) is 0 Å². The normalized spacial score (nSPS) is 21.9. The average molecular weight is 287 g/mol. The van der Waals surface area contributed by atoms with Gasteiger partial charge in [0.15, 0.2) is 0 Å². The third kappa shape index (κ3) is 2.39. The number of carbonyl (C=O) groups is 1. The van der Waals surface area contributed by atoms with Crippen molar-refractivity contribution in [2.75, 3.05) is 6.54 Å². The minimum absolute atomic E-state index is 0.267. The third-order valence-corrected chi connectivity index (χ3v) is 5.32. The Bertz CT molecular complexity index is 482. The second-order valence-electron chi connectivity index (χ2n) is 7.26. The SMILES string of the molecule is CC(C)N1CC(c2ccccc2)C(C(C)C)(C(C)C)C1=O. The van der Waals surface area contributed by atoms with Crippen LogP contribution in [0.1, 0.15) is 53.0 Å². The fourth-order valence-corrected chi connectivity index (χ4v) is 4.31. The lowest BCUT2D eigenvalue weighted by Crippen LogP contribution is -2.45. The van der Waals surface area contributed by atoms with Crippen molar-refractivity contribution in [3.63, 3.8) is 0 Å². The molecule has 1 aromatic rings. The Kier molecular flexibility index (Phi) is 4.46. The van der Waals surface area contributed by atoms with Crippen molar-refractivity contribution in [1.82, 2.24) is 4.90 Å². The van der Waals surface area contributed by atoms with E-state index in [1.807, 2.05) is 6.07 Å². The van der Waals surface area contributed by atoms with Gasteiger partial charge in [-0.05, 0) is 31.2 Å². The van der Waals surface area contributed by atoms with Crippen LogP contribution in [0.3, 0.4) is 0 Å². The first kappa shape index (κ1) is 16.1. The molecule has 0 bridgehead atoms. The van der Waals surface area contributed by atoms with Crippen molar-refractivity contribution in [3.05, 3.63) is 35.9 Å². The number of amides is 1. The first-order chi connectivity index (χ1) is 9.83. The summed E-state index contributed by atoms with van der Waals surface area (Å²) in [4.78, 5) is 15.3. The molecule has 2 heteroatoms. The highest BCUT2D eigenvalue weighted by atomic mass is 16.2. The molecular formula is C19H29NO. The summed E-state index contributed by atoms with van der Waals surface area (Å²) in [6.07, 6.45) is 0. The molecule has 0 aliphatic carbocycles. The fraction of sp³-hybridized carbons (Fsp3) is 0.632. The zero-order chi connectivity index (χ0) is 15.8. The molecule has 1 aliphatic heterocycles. The van der Waals surface area contributed by atoms with Crippen LogP contribution in [-0.2, 0) is 4.79 Å². The Balaban J connectivity index is 2.57. The molecular weight excluding hydrogens is 258 g/mol. The lowest BCUT2D eigenvalue weighted by molar-refractivity contribution is -0.142. The highest BCUT2D eigenvalue weighted by Crippen LogP contribution is 2.54. The lowest BCUT2D eigenvalue weighted by Gasteiger charge is -2.40.